The second-order valence-electron chi connectivity index (χ2n) is 6.63. The summed E-state index contributed by atoms with van der Waals surface area (Å²) in [6.45, 7) is 5.16. The third-order valence-corrected chi connectivity index (χ3v) is 5.39. The first-order valence-electron chi connectivity index (χ1n) is 9.36. The molecule has 0 saturated carbocycles. The molecule has 162 valence electrons. The van der Waals surface area contributed by atoms with E-state index < -0.39 is 5.60 Å². The summed E-state index contributed by atoms with van der Waals surface area (Å²) in [4.78, 5) is 9.94. The first-order chi connectivity index (χ1) is 14.0. The van der Waals surface area contributed by atoms with Crippen molar-refractivity contribution in [3.63, 3.8) is 0 Å². The average Bonchev–Trinajstić information content (AvgIpc) is 3.43. The van der Waals surface area contributed by atoms with E-state index >= 15 is 0 Å². The Morgan fingerprint density at radius 1 is 1.27 bits per heavy atom. The fraction of sp³-hybridized carbons (Fsp3) is 0.350. The van der Waals surface area contributed by atoms with Gasteiger partial charge >= 0.3 is 0 Å². The number of aromatic amines is 1. The molecule has 0 aliphatic heterocycles. The maximum atomic E-state index is 10.7. The monoisotopic (exact) mass is 542 g/mol. The Morgan fingerprint density at radius 3 is 2.67 bits per heavy atom. The summed E-state index contributed by atoms with van der Waals surface area (Å²) in [5, 5.41) is 26.2. The van der Waals surface area contributed by atoms with Crippen molar-refractivity contribution in [1.82, 2.24) is 25.8 Å². The highest BCUT2D eigenvalue weighted by Crippen LogP contribution is 2.24. The number of aromatic nitrogens is 3. The zero-order chi connectivity index (χ0) is 20.7. The number of thiophene rings is 1. The van der Waals surface area contributed by atoms with Crippen LogP contribution in [0.4, 0.5) is 0 Å². The Morgan fingerprint density at radius 2 is 2.03 bits per heavy atom. The largest absolute Gasteiger partial charge is 0.497 e. The van der Waals surface area contributed by atoms with E-state index in [-0.39, 0.29) is 24.0 Å². The normalized spacial score (nSPS) is 13.3. The Bertz CT molecular complexity index is 925. The number of nitrogens with one attached hydrogen (secondary N) is 3. The quantitative estimate of drug-likeness (QED) is 0.198. The van der Waals surface area contributed by atoms with E-state index in [2.05, 4.69) is 30.8 Å². The van der Waals surface area contributed by atoms with E-state index in [1.54, 1.807) is 14.0 Å². The molecule has 30 heavy (non-hydrogen) atoms. The summed E-state index contributed by atoms with van der Waals surface area (Å²) in [6.07, 6.45) is 0. The molecule has 0 fully saturated rings. The number of nitrogens with zero attached hydrogens (tertiary/aromatic N) is 3. The number of aliphatic imine (C=N–C) groups is 1. The maximum Gasteiger partial charge on any atom is 0.191 e. The van der Waals surface area contributed by atoms with Crippen LogP contribution in [-0.4, -0.2) is 46.4 Å². The van der Waals surface area contributed by atoms with Gasteiger partial charge in [-0.3, -0.25) is 5.10 Å². The topological polar surface area (TPSA) is 107 Å². The molecule has 0 radical (unpaired) electrons. The second-order valence-corrected chi connectivity index (χ2v) is 7.58. The van der Waals surface area contributed by atoms with Gasteiger partial charge in [0.1, 0.15) is 23.7 Å². The average molecular weight is 542 g/mol. The molecule has 1 unspecified atom stereocenters. The molecule has 4 N–H and O–H groups in total. The summed E-state index contributed by atoms with van der Waals surface area (Å²) in [6, 6.07) is 11.4. The SMILES string of the molecule is CCNC(=NCc1nc(-c2ccc(OC)cc2)n[nH]1)NCC(C)(O)c1cccs1.I. The maximum absolute atomic E-state index is 10.7. The molecule has 8 nitrogen and oxygen atoms in total. The predicted molar refractivity (Wildman–Crippen MR) is 130 cm³/mol. The highest BCUT2D eigenvalue weighted by molar-refractivity contribution is 14.0. The van der Waals surface area contributed by atoms with Crippen LogP contribution < -0.4 is 15.4 Å². The van der Waals surface area contributed by atoms with Crippen LogP contribution in [0.15, 0.2) is 46.8 Å². The number of H-pyrrole nitrogens is 1. The standard InChI is InChI=1S/C20H26N6O2S.HI/c1-4-21-19(23-13-20(2,27)16-6-5-11-29-16)22-12-17-24-18(26-25-17)14-7-9-15(28-3)10-8-14;/h5-11,27H,4,12-13H2,1-3H3,(H2,21,22,23)(H,24,25,26);1H. The van der Waals surface area contributed by atoms with Crippen LogP contribution in [0.2, 0.25) is 0 Å². The van der Waals surface area contributed by atoms with Gasteiger partial charge in [0.2, 0.25) is 0 Å². The number of methoxy groups -OCH3 is 1. The van der Waals surface area contributed by atoms with Gasteiger partial charge in [-0.25, -0.2) is 9.98 Å². The lowest BCUT2D eigenvalue weighted by molar-refractivity contribution is 0.0655. The van der Waals surface area contributed by atoms with Crippen molar-refractivity contribution in [2.45, 2.75) is 26.0 Å². The van der Waals surface area contributed by atoms with Gasteiger partial charge in [0.05, 0.1) is 13.7 Å². The number of aliphatic hydroxyl groups is 1. The molecular weight excluding hydrogens is 515 g/mol. The Hall–Kier alpha value is -2.18. The number of benzene rings is 1. The number of guanidine groups is 1. The zero-order valence-electron chi connectivity index (χ0n) is 17.2. The lowest BCUT2D eigenvalue weighted by atomic mass is 10.1. The third kappa shape index (κ3) is 6.41. The van der Waals surface area contributed by atoms with E-state index in [9.17, 15) is 5.11 Å². The lowest BCUT2D eigenvalue weighted by Crippen LogP contribution is -2.44. The molecule has 10 heteroatoms. The number of ether oxygens (including phenoxy) is 1. The van der Waals surface area contributed by atoms with E-state index in [0.29, 0.717) is 37.2 Å². The van der Waals surface area contributed by atoms with Crippen LogP contribution in [0.1, 0.15) is 24.5 Å². The second kappa shape index (κ2) is 11.3. The van der Waals surface area contributed by atoms with Gasteiger partial charge in [-0.05, 0) is 49.6 Å². The van der Waals surface area contributed by atoms with Crippen molar-refractivity contribution in [3.8, 4) is 17.1 Å². The summed E-state index contributed by atoms with van der Waals surface area (Å²) in [5.74, 6) is 2.65. The fourth-order valence-electron chi connectivity index (χ4n) is 2.66. The van der Waals surface area contributed by atoms with Gasteiger partial charge in [0.25, 0.3) is 0 Å². The Balaban J connectivity index is 0.00000320. The predicted octanol–water partition coefficient (Wildman–Crippen LogP) is 3.12. The van der Waals surface area contributed by atoms with Crippen LogP contribution in [-0.2, 0) is 12.1 Å². The molecule has 3 rings (SSSR count). The number of hydrogen-bond acceptors (Lipinski definition) is 6. The van der Waals surface area contributed by atoms with Crippen LogP contribution in [0.5, 0.6) is 5.75 Å². The molecule has 0 aliphatic rings. The highest BCUT2D eigenvalue weighted by Gasteiger charge is 2.24. The summed E-state index contributed by atoms with van der Waals surface area (Å²) < 4.78 is 5.17. The van der Waals surface area contributed by atoms with Gasteiger partial charge < -0.3 is 20.5 Å². The molecule has 0 aliphatic carbocycles. The van der Waals surface area contributed by atoms with Crippen LogP contribution in [0.3, 0.4) is 0 Å². The van der Waals surface area contributed by atoms with Crippen molar-refractivity contribution in [2.75, 3.05) is 20.2 Å². The molecule has 0 saturated heterocycles. The van der Waals surface area contributed by atoms with Crippen molar-refractivity contribution in [2.24, 2.45) is 4.99 Å². The smallest absolute Gasteiger partial charge is 0.191 e. The van der Waals surface area contributed by atoms with Crippen molar-refractivity contribution in [3.05, 3.63) is 52.5 Å². The minimum absolute atomic E-state index is 0. The minimum atomic E-state index is -0.974. The molecule has 0 bridgehead atoms. The molecule has 2 heterocycles. The molecule has 1 aromatic carbocycles. The first-order valence-corrected chi connectivity index (χ1v) is 10.2. The van der Waals surface area contributed by atoms with E-state index in [4.69, 9.17) is 4.74 Å². The van der Waals surface area contributed by atoms with Crippen LogP contribution in [0.25, 0.3) is 11.4 Å². The van der Waals surface area contributed by atoms with Crippen LogP contribution in [0, 0.1) is 0 Å². The van der Waals surface area contributed by atoms with Crippen molar-refractivity contribution < 1.29 is 9.84 Å². The van der Waals surface area contributed by atoms with Gasteiger partial charge in [-0.1, -0.05) is 6.07 Å². The van der Waals surface area contributed by atoms with Crippen LogP contribution >= 0.6 is 35.3 Å². The van der Waals surface area contributed by atoms with E-state index in [1.807, 2.05) is 48.7 Å². The Labute approximate surface area is 197 Å². The van der Waals surface area contributed by atoms with Gasteiger partial charge in [-0.15, -0.1) is 35.3 Å². The van der Waals surface area contributed by atoms with Gasteiger partial charge in [0.15, 0.2) is 11.8 Å². The molecule has 0 amide bonds. The molecule has 1 atom stereocenters. The summed E-state index contributed by atoms with van der Waals surface area (Å²) in [7, 11) is 1.63. The molecule has 3 aromatic rings. The summed E-state index contributed by atoms with van der Waals surface area (Å²) in [5.41, 5.74) is -0.0766. The fourth-order valence-corrected chi connectivity index (χ4v) is 3.45. The minimum Gasteiger partial charge on any atom is -0.497 e. The molecule has 0 spiro atoms. The Kier molecular flexibility index (Phi) is 9.06. The molecule has 2 aromatic heterocycles. The first kappa shape index (κ1) is 24.1. The summed E-state index contributed by atoms with van der Waals surface area (Å²) >= 11 is 1.53. The highest BCUT2D eigenvalue weighted by atomic mass is 127. The third-order valence-electron chi connectivity index (χ3n) is 4.26. The number of halogens is 1. The zero-order valence-corrected chi connectivity index (χ0v) is 20.3. The lowest BCUT2D eigenvalue weighted by Gasteiger charge is -2.23. The molecular formula is C20H27IN6O2S. The van der Waals surface area contributed by atoms with Crippen molar-refractivity contribution in [1.29, 1.82) is 0 Å². The van der Waals surface area contributed by atoms with Gasteiger partial charge in [0, 0.05) is 17.0 Å². The van der Waals surface area contributed by atoms with E-state index in [0.717, 1.165) is 16.2 Å². The van der Waals surface area contributed by atoms with E-state index in [1.165, 1.54) is 11.3 Å². The number of hydrogen-bond donors (Lipinski definition) is 4. The van der Waals surface area contributed by atoms with Gasteiger partial charge in [-0.2, -0.15) is 5.10 Å². The van der Waals surface area contributed by atoms with Crippen molar-refractivity contribution >= 4 is 41.3 Å². The number of rotatable bonds is 8.